The molecule has 0 saturated carbocycles. The lowest BCUT2D eigenvalue weighted by Gasteiger charge is -2.09. The van der Waals surface area contributed by atoms with E-state index in [4.69, 9.17) is 9.97 Å². The molecule has 3 aromatic heterocycles. The number of nitrogens with zero attached hydrogens (tertiary/aromatic N) is 4. The number of imidazole rings is 1. The second kappa shape index (κ2) is 6.41. The first-order chi connectivity index (χ1) is 11.8. The molecule has 0 saturated heterocycles. The molecule has 0 bridgehead atoms. The van der Waals surface area contributed by atoms with Crippen LogP contribution in [0.5, 0.6) is 0 Å². The SMILES string of the molecule is CCc1cc2c(NCc3ccccc3)nc(-n3ccnc3)nc2s1. The van der Waals surface area contributed by atoms with Gasteiger partial charge in [0.25, 0.3) is 0 Å². The van der Waals surface area contributed by atoms with Crippen LogP contribution in [0, 0.1) is 0 Å². The third kappa shape index (κ3) is 2.88. The summed E-state index contributed by atoms with van der Waals surface area (Å²) in [5, 5.41) is 4.55. The number of benzene rings is 1. The molecule has 0 aliphatic rings. The van der Waals surface area contributed by atoms with Gasteiger partial charge in [-0.15, -0.1) is 11.3 Å². The lowest BCUT2D eigenvalue weighted by molar-refractivity contribution is 0.939. The molecule has 24 heavy (non-hydrogen) atoms. The van der Waals surface area contributed by atoms with Crippen LogP contribution in [0.4, 0.5) is 5.82 Å². The molecule has 6 heteroatoms. The van der Waals surface area contributed by atoms with Crippen molar-refractivity contribution in [2.45, 2.75) is 19.9 Å². The minimum absolute atomic E-state index is 0.639. The highest BCUT2D eigenvalue weighted by molar-refractivity contribution is 7.18. The van der Waals surface area contributed by atoms with Gasteiger partial charge in [0.05, 0.1) is 5.39 Å². The monoisotopic (exact) mass is 335 g/mol. The molecule has 0 aliphatic carbocycles. The van der Waals surface area contributed by atoms with E-state index in [-0.39, 0.29) is 0 Å². The Hall–Kier alpha value is -2.73. The highest BCUT2D eigenvalue weighted by Gasteiger charge is 2.12. The van der Waals surface area contributed by atoms with Gasteiger partial charge in [0.2, 0.25) is 5.95 Å². The van der Waals surface area contributed by atoms with E-state index in [2.05, 4.69) is 35.4 Å². The van der Waals surface area contributed by atoms with Crippen LogP contribution >= 0.6 is 11.3 Å². The second-order valence-corrected chi connectivity index (χ2v) is 6.58. The van der Waals surface area contributed by atoms with E-state index in [1.807, 2.05) is 29.0 Å². The standard InChI is InChI=1S/C18H17N5S/c1-2-14-10-15-16(20-11-13-6-4-3-5-7-13)21-18(22-17(15)24-14)23-9-8-19-12-23/h3-10,12H,2,11H2,1H3,(H,20,21,22). The van der Waals surface area contributed by atoms with Gasteiger partial charge < -0.3 is 5.32 Å². The first-order valence-electron chi connectivity index (χ1n) is 7.90. The van der Waals surface area contributed by atoms with E-state index in [0.29, 0.717) is 5.95 Å². The van der Waals surface area contributed by atoms with Gasteiger partial charge in [-0.3, -0.25) is 4.57 Å². The number of anilines is 1. The van der Waals surface area contributed by atoms with Crippen LogP contribution in [0.2, 0.25) is 0 Å². The average molecular weight is 335 g/mol. The molecule has 1 N–H and O–H groups in total. The number of aromatic nitrogens is 4. The number of fused-ring (bicyclic) bond motifs is 1. The molecule has 0 fully saturated rings. The largest absolute Gasteiger partial charge is 0.365 e. The van der Waals surface area contributed by atoms with E-state index < -0.39 is 0 Å². The normalized spacial score (nSPS) is 11.0. The number of hydrogen-bond donors (Lipinski definition) is 1. The Balaban J connectivity index is 1.75. The number of nitrogens with one attached hydrogen (secondary N) is 1. The van der Waals surface area contributed by atoms with Crippen molar-refractivity contribution >= 4 is 27.4 Å². The zero-order valence-electron chi connectivity index (χ0n) is 13.3. The number of hydrogen-bond acceptors (Lipinski definition) is 5. The Morgan fingerprint density at radius 2 is 2.04 bits per heavy atom. The van der Waals surface area contributed by atoms with E-state index >= 15 is 0 Å². The first kappa shape index (κ1) is 14.8. The highest BCUT2D eigenvalue weighted by Crippen LogP contribution is 2.30. The van der Waals surface area contributed by atoms with Crippen LogP contribution in [0.25, 0.3) is 16.2 Å². The zero-order chi connectivity index (χ0) is 16.4. The fraction of sp³-hybridized carbons (Fsp3) is 0.167. The van der Waals surface area contributed by atoms with Gasteiger partial charge in [-0.2, -0.15) is 4.98 Å². The zero-order valence-corrected chi connectivity index (χ0v) is 14.1. The topological polar surface area (TPSA) is 55.6 Å². The van der Waals surface area contributed by atoms with Crippen LogP contribution in [-0.2, 0) is 13.0 Å². The molecule has 3 heterocycles. The Kier molecular flexibility index (Phi) is 3.96. The fourth-order valence-corrected chi connectivity index (χ4v) is 3.51. The molecular weight excluding hydrogens is 318 g/mol. The summed E-state index contributed by atoms with van der Waals surface area (Å²) in [7, 11) is 0. The van der Waals surface area contributed by atoms with E-state index in [0.717, 1.165) is 29.0 Å². The summed E-state index contributed by atoms with van der Waals surface area (Å²) in [4.78, 5) is 15.8. The van der Waals surface area contributed by atoms with Crippen molar-refractivity contribution in [2.24, 2.45) is 0 Å². The summed E-state index contributed by atoms with van der Waals surface area (Å²) in [5.41, 5.74) is 1.22. The predicted octanol–water partition coefficient (Wildman–Crippen LogP) is 4.05. The number of rotatable bonds is 5. The van der Waals surface area contributed by atoms with Crippen molar-refractivity contribution in [1.29, 1.82) is 0 Å². The first-order valence-corrected chi connectivity index (χ1v) is 8.71. The van der Waals surface area contributed by atoms with Gasteiger partial charge >= 0.3 is 0 Å². The van der Waals surface area contributed by atoms with E-state index in [1.165, 1.54) is 10.4 Å². The average Bonchev–Trinajstić information content (AvgIpc) is 3.29. The van der Waals surface area contributed by atoms with Crippen molar-refractivity contribution in [3.05, 3.63) is 65.6 Å². The lowest BCUT2D eigenvalue weighted by Crippen LogP contribution is -2.06. The maximum atomic E-state index is 4.71. The molecule has 1 aromatic carbocycles. The quantitative estimate of drug-likeness (QED) is 0.598. The Morgan fingerprint density at radius 1 is 1.17 bits per heavy atom. The van der Waals surface area contributed by atoms with Crippen molar-refractivity contribution < 1.29 is 0 Å². The summed E-state index contributed by atoms with van der Waals surface area (Å²) >= 11 is 1.72. The Labute approximate surface area is 144 Å². The summed E-state index contributed by atoms with van der Waals surface area (Å²) in [5.74, 6) is 1.50. The summed E-state index contributed by atoms with van der Waals surface area (Å²) < 4.78 is 1.83. The van der Waals surface area contributed by atoms with Gasteiger partial charge in [0, 0.05) is 23.8 Å². The van der Waals surface area contributed by atoms with Gasteiger partial charge in [-0.1, -0.05) is 37.3 Å². The molecule has 0 amide bonds. The van der Waals surface area contributed by atoms with Gasteiger partial charge in [-0.25, -0.2) is 9.97 Å². The molecule has 120 valence electrons. The minimum atomic E-state index is 0.639. The maximum absolute atomic E-state index is 4.71. The minimum Gasteiger partial charge on any atom is -0.365 e. The number of thiophene rings is 1. The van der Waals surface area contributed by atoms with Crippen LogP contribution in [0.1, 0.15) is 17.4 Å². The Bertz CT molecular complexity index is 944. The predicted molar refractivity (Wildman–Crippen MR) is 97.7 cm³/mol. The molecule has 4 rings (SSSR count). The molecule has 0 atom stereocenters. The second-order valence-electron chi connectivity index (χ2n) is 5.47. The van der Waals surface area contributed by atoms with Crippen molar-refractivity contribution in [3.63, 3.8) is 0 Å². The maximum Gasteiger partial charge on any atom is 0.238 e. The van der Waals surface area contributed by atoms with E-state index in [9.17, 15) is 0 Å². The summed E-state index contributed by atoms with van der Waals surface area (Å²) in [6, 6.07) is 12.5. The van der Waals surface area contributed by atoms with Gasteiger partial charge in [-0.05, 0) is 18.1 Å². The van der Waals surface area contributed by atoms with Crippen LogP contribution in [0.15, 0.2) is 55.1 Å². The molecular formula is C18H17N5S. The van der Waals surface area contributed by atoms with Crippen LogP contribution in [0.3, 0.4) is 0 Å². The van der Waals surface area contributed by atoms with Crippen LogP contribution < -0.4 is 5.32 Å². The third-order valence-corrected chi connectivity index (χ3v) is 4.99. The summed E-state index contributed by atoms with van der Waals surface area (Å²) in [6.45, 7) is 2.89. The van der Waals surface area contributed by atoms with Crippen molar-refractivity contribution in [3.8, 4) is 5.95 Å². The van der Waals surface area contributed by atoms with Gasteiger partial charge in [0.1, 0.15) is 17.0 Å². The highest BCUT2D eigenvalue weighted by atomic mass is 32.1. The van der Waals surface area contributed by atoms with Crippen molar-refractivity contribution in [2.75, 3.05) is 5.32 Å². The van der Waals surface area contributed by atoms with E-state index in [1.54, 1.807) is 23.9 Å². The Morgan fingerprint density at radius 3 is 2.79 bits per heavy atom. The fourth-order valence-electron chi connectivity index (χ4n) is 2.54. The molecule has 0 aliphatic heterocycles. The van der Waals surface area contributed by atoms with Crippen LogP contribution in [-0.4, -0.2) is 19.5 Å². The molecule has 5 nitrogen and oxygen atoms in total. The number of aryl methyl sites for hydroxylation is 1. The molecule has 0 spiro atoms. The molecule has 4 aromatic rings. The third-order valence-electron chi connectivity index (χ3n) is 3.82. The van der Waals surface area contributed by atoms with Crippen molar-refractivity contribution in [1.82, 2.24) is 19.5 Å². The molecule has 0 radical (unpaired) electrons. The molecule has 0 unspecified atom stereocenters. The lowest BCUT2D eigenvalue weighted by atomic mass is 10.2. The smallest absolute Gasteiger partial charge is 0.238 e. The summed E-state index contributed by atoms with van der Waals surface area (Å²) in [6.07, 6.45) is 6.31. The van der Waals surface area contributed by atoms with Gasteiger partial charge in [0.15, 0.2) is 0 Å².